The number of aryl methyl sites for hydroxylation is 1. The first kappa shape index (κ1) is 18.4. The third-order valence-electron chi connectivity index (χ3n) is 3.52. The number of nitrogens with one attached hydrogen (secondary N) is 1. The number of primary sulfonamides is 1. The number of hydrogen-bond acceptors (Lipinski definition) is 4. The largest absolute Gasteiger partial charge is 0.508 e. The minimum Gasteiger partial charge on any atom is -0.508 e. The monoisotopic (exact) mass is 412 g/mol. The van der Waals surface area contributed by atoms with Crippen molar-refractivity contribution in [3.63, 3.8) is 0 Å². The van der Waals surface area contributed by atoms with Gasteiger partial charge < -0.3 is 10.4 Å². The van der Waals surface area contributed by atoms with Crippen LogP contribution in [0.15, 0.2) is 45.8 Å². The molecule has 128 valence electrons. The lowest BCUT2D eigenvalue weighted by atomic mass is 10.1. The Morgan fingerprint density at radius 1 is 1.21 bits per heavy atom. The van der Waals surface area contributed by atoms with Gasteiger partial charge in [0.15, 0.2) is 0 Å². The summed E-state index contributed by atoms with van der Waals surface area (Å²) in [7, 11) is -3.74. The molecule has 0 heterocycles. The number of phenolic OH excluding ortho intramolecular Hbond substituents is 1. The van der Waals surface area contributed by atoms with Gasteiger partial charge in [-0.1, -0.05) is 28.1 Å². The Kier molecular flexibility index (Phi) is 5.63. The van der Waals surface area contributed by atoms with E-state index in [2.05, 4.69) is 21.2 Å². The second-order valence-corrected chi connectivity index (χ2v) is 7.84. The molecule has 0 aliphatic heterocycles. The summed E-state index contributed by atoms with van der Waals surface area (Å²) in [6.07, 6.45) is 0.0490. The molecule has 6 nitrogen and oxygen atoms in total. The summed E-state index contributed by atoms with van der Waals surface area (Å²) >= 11 is 3.24. The number of nitrogens with two attached hydrogens (primary N) is 1. The summed E-state index contributed by atoms with van der Waals surface area (Å²) < 4.78 is 23.3. The van der Waals surface area contributed by atoms with E-state index in [1.165, 1.54) is 18.2 Å². The standard InChI is InChI=1S/C16H17BrN2O4S/c1-10-6-14(24(18,22)23)5-3-12(10)9-19-16(21)7-11-2-4-13(17)8-15(11)20/h2-6,8,20H,7,9H2,1H3,(H,19,21)(H2,18,22,23). The third-order valence-corrected chi connectivity index (χ3v) is 4.92. The quantitative estimate of drug-likeness (QED) is 0.696. The molecule has 0 radical (unpaired) electrons. The fourth-order valence-corrected chi connectivity index (χ4v) is 3.11. The number of carbonyl (C=O) groups excluding carboxylic acids is 1. The van der Waals surface area contributed by atoms with Gasteiger partial charge in [-0.2, -0.15) is 0 Å². The Balaban J connectivity index is 2.01. The topological polar surface area (TPSA) is 109 Å². The van der Waals surface area contributed by atoms with Crippen molar-refractivity contribution in [2.24, 2.45) is 5.14 Å². The molecule has 0 aliphatic carbocycles. The van der Waals surface area contributed by atoms with E-state index in [-0.39, 0.29) is 29.5 Å². The average Bonchev–Trinajstić information content (AvgIpc) is 2.48. The zero-order valence-electron chi connectivity index (χ0n) is 12.9. The molecule has 0 aromatic heterocycles. The van der Waals surface area contributed by atoms with Crippen molar-refractivity contribution in [2.45, 2.75) is 24.8 Å². The first-order chi connectivity index (χ1) is 11.2. The van der Waals surface area contributed by atoms with Crippen LogP contribution in [-0.2, 0) is 27.8 Å². The van der Waals surface area contributed by atoms with Crippen molar-refractivity contribution in [1.82, 2.24) is 5.32 Å². The van der Waals surface area contributed by atoms with Crippen molar-refractivity contribution in [2.75, 3.05) is 0 Å². The summed E-state index contributed by atoms with van der Waals surface area (Å²) in [5, 5.41) is 17.6. The van der Waals surface area contributed by atoms with Crippen LogP contribution in [0.3, 0.4) is 0 Å². The van der Waals surface area contributed by atoms with Crippen LogP contribution >= 0.6 is 15.9 Å². The highest BCUT2D eigenvalue weighted by atomic mass is 79.9. The number of sulfonamides is 1. The summed E-state index contributed by atoms with van der Waals surface area (Å²) in [5.74, 6) is -0.198. The lowest BCUT2D eigenvalue weighted by Gasteiger charge is -2.10. The van der Waals surface area contributed by atoms with Gasteiger partial charge >= 0.3 is 0 Å². The Hall–Kier alpha value is -1.90. The molecule has 0 bridgehead atoms. The van der Waals surface area contributed by atoms with Gasteiger partial charge in [0.25, 0.3) is 0 Å². The van der Waals surface area contributed by atoms with Crippen LogP contribution in [0.4, 0.5) is 0 Å². The van der Waals surface area contributed by atoms with Crippen molar-refractivity contribution in [3.05, 3.63) is 57.6 Å². The predicted octanol–water partition coefficient (Wildman–Crippen LogP) is 1.97. The van der Waals surface area contributed by atoms with Crippen LogP contribution in [0.1, 0.15) is 16.7 Å². The van der Waals surface area contributed by atoms with Crippen molar-refractivity contribution >= 4 is 31.9 Å². The van der Waals surface area contributed by atoms with E-state index in [4.69, 9.17) is 5.14 Å². The second kappa shape index (κ2) is 7.33. The molecular formula is C16H17BrN2O4S. The Bertz CT molecular complexity index is 882. The second-order valence-electron chi connectivity index (χ2n) is 5.36. The van der Waals surface area contributed by atoms with Crippen LogP contribution in [0.25, 0.3) is 0 Å². The molecular weight excluding hydrogens is 396 g/mol. The number of aromatic hydroxyl groups is 1. The van der Waals surface area contributed by atoms with Gasteiger partial charge in [-0.3, -0.25) is 4.79 Å². The summed E-state index contributed by atoms with van der Waals surface area (Å²) in [5.41, 5.74) is 2.03. The maximum absolute atomic E-state index is 12.0. The number of hydrogen-bond donors (Lipinski definition) is 3. The van der Waals surface area contributed by atoms with Crippen LogP contribution in [0.2, 0.25) is 0 Å². The van der Waals surface area contributed by atoms with Crippen molar-refractivity contribution < 1.29 is 18.3 Å². The van der Waals surface area contributed by atoms with Crippen molar-refractivity contribution in [3.8, 4) is 5.75 Å². The van der Waals surface area contributed by atoms with Gasteiger partial charge in [-0.15, -0.1) is 0 Å². The normalized spacial score (nSPS) is 11.3. The molecule has 4 N–H and O–H groups in total. The Labute approximate surface area is 148 Å². The molecule has 24 heavy (non-hydrogen) atoms. The van der Waals surface area contributed by atoms with E-state index < -0.39 is 10.0 Å². The van der Waals surface area contributed by atoms with Crippen LogP contribution < -0.4 is 10.5 Å². The van der Waals surface area contributed by atoms with Gasteiger partial charge in [0.2, 0.25) is 15.9 Å². The first-order valence-electron chi connectivity index (χ1n) is 7.03. The molecule has 0 unspecified atom stereocenters. The number of halogens is 1. The number of benzene rings is 2. The van der Waals surface area contributed by atoms with Crippen LogP contribution in [0, 0.1) is 6.92 Å². The zero-order chi connectivity index (χ0) is 17.9. The summed E-state index contributed by atoms with van der Waals surface area (Å²) in [6.45, 7) is 2.00. The van der Waals surface area contributed by atoms with Gasteiger partial charge in [0, 0.05) is 16.6 Å². The highest BCUT2D eigenvalue weighted by molar-refractivity contribution is 9.10. The molecule has 8 heteroatoms. The van der Waals surface area contributed by atoms with Gasteiger partial charge in [-0.25, -0.2) is 13.6 Å². The average molecular weight is 413 g/mol. The van der Waals surface area contributed by atoms with Crippen LogP contribution in [-0.4, -0.2) is 19.4 Å². The molecule has 0 fully saturated rings. The first-order valence-corrected chi connectivity index (χ1v) is 9.37. The number of rotatable bonds is 5. The smallest absolute Gasteiger partial charge is 0.238 e. The molecule has 0 spiro atoms. The van der Waals surface area contributed by atoms with Gasteiger partial charge in [0.05, 0.1) is 11.3 Å². The maximum atomic E-state index is 12.0. The molecule has 0 saturated heterocycles. The summed E-state index contributed by atoms with van der Waals surface area (Å²) in [4.78, 5) is 12.0. The zero-order valence-corrected chi connectivity index (χ0v) is 15.3. The van der Waals surface area contributed by atoms with E-state index in [1.54, 1.807) is 25.1 Å². The molecule has 0 aliphatic rings. The Morgan fingerprint density at radius 3 is 2.46 bits per heavy atom. The molecule has 2 aromatic rings. The minimum absolute atomic E-state index is 0.0369. The fourth-order valence-electron chi connectivity index (χ4n) is 2.16. The minimum atomic E-state index is -3.74. The number of amides is 1. The lowest BCUT2D eigenvalue weighted by Crippen LogP contribution is -2.25. The van der Waals surface area contributed by atoms with Gasteiger partial charge in [0.1, 0.15) is 5.75 Å². The van der Waals surface area contributed by atoms with Crippen molar-refractivity contribution in [1.29, 1.82) is 0 Å². The molecule has 0 atom stereocenters. The fraction of sp³-hybridized carbons (Fsp3) is 0.188. The van der Waals surface area contributed by atoms with E-state index in [0.29, 0.717) is 11.1 Å². The Morgan fingerprint density at radius 2 is 1.88 bits per heavy atom. The third kappa shape index (κ3) is 4.80. The highest BCUT2D eigenvalue weighted by Crippen LogP contribution is 2.22. The molecule has 2 aromatic carbocycles. The van der Waals surface area contributed by atoms with E-state index in [9.17, 15) is 18.3 Å². The maximum Gasteiger partial charge on any atom is 0.238 e. The lowest BCUT2D eigenvalue weighted by molar-refractivity contribution is -0.120. The predicted molar refractivity (Wildman–Crippen MR) is 93.9 cm³/mol. The molecule has 1 amide bonds. The SMILES string of the molecule is Cc1cc(S(N)(=O)=O)ccc1CNC(=O)Cc1ccc(Br)cc1O. The van der Waals surface area contributed by atoms with E-state index in [0.717, 1.165) is 10.0 Å². The van der Waals surface area contributed by atoms with E-state index >= 15 is 0 Å². The van der Waals surface area contributed by atoms with Crippen LogP contribution in [0.5, 0.6) is 5.75 Å². The highest BCUT2D eigenvalue weighted by Gasteiger charge is 2.11. The molecule has 0 saturated carbocycles. The van der Waals surface area contributed by atoms with E-state index in [1.807, 2.05) is 0 Å². The molecule has 2 rings (SSSR count). The summed E-state index contributed by atoms with van der Waals surface area (Å²) in [6, 6.07) is 9.44. The van der Waals surface area contributed by atoms with Gasteiger partial charge in [-0.05, 0) is 42.3 Å². The number of phenols is 1. The number of carbonyl (C=O) groups is 1.